The first-order valence-electron chi connectivity index (χ1n) is 6.14. The Balaban J connectivity index is 3.12. The summed E-state index contributed by atoms with van der Waals surface area (Å²) in [5.41, 5.74) is 0. The van der Waals surface area contributed by atoms with Gasteiger partial charge in [-0.05, 0) is 24.3 Å². The van der Waals surface area contributed by atoms with Crippen LogP contribution in [0.3, 0.4) is 0 Å². The zero-order valence-corrected chi connectivity index (χ0v) is 13.8. The normalized spacial score (nSPS) is 13.6. The van der Waals surface area contributed by atoms with Gasteiger partial charge in [0.15, 0.2) is 0 Å². The van der Waals surface area contributed by atoms with E-state index in [0.717, 1.165) is 0 Å². The third-order valence-electron chi connectivity index (χ3n) is 3.11. The van der Waals surface area contributed by atoms with Crippen LogP contribution in [0, 0.1) is 0 Å². The van der Waals surface area contributed by atoms with Crippen LogP contribution in [0.2, 0.25) is 15.1 Å². The SMILES string of the molecule is CC(C)(C)[Si](O)(Oc1ccc(Cl)cc1)C(C)(C)C. The number of hydrogen-bond acceptors (Lipinski definition) is 2. The number of rotatable bonds is 2. The van der Waals surface area contributed by atoms with Crippen molar-refractivity contribution in [1.29, 1.82) is 0 Å². The maximum Gasteiger partial charge on any atom is 0.407 e. The van der Waals surface area contributed by atoms with E-state index >= 15 is 0 Å². The fourth-order valence-electron chi connectivity index (χ4n) is 2.10. The molecule has 0 aliphatic heterocycles. The molecule has 0 heterocycles. The molecule has 0 aliphatic carbocycles. The van der Waals surface area contributed by atoms with Crippen LogP contribution >= 0.6 is 11.6 Å². The predicted molar refractivity (Wildman–Crippen MR) is 79.5 cm³/mol. The van der Waals surface area contributed by atoms with Crippen LogP contribution in [0.25, 0.3) is 0 Å². The molecule has 0 saturated heterocycles. The monoisotopic (exact) mass is 286 g/mol. The van der Waals surface area contributed by atoms with Gasteiger partial charge in [0.25, 0.3) is 0 Å². The minimum atomic E-state index is -2.95. The molecule has 2 nitrogen and oxygen atoms in total. The van der Waals surface area contributed by atoms with Gasteiger partial charge in [-0.15, -0.1) is 0 Å². The molecule has 0 amide bonds. The van der Waals surface area contributed by atoms with Crippen LogP contribution in [-0.4, -0.2) is 13.4 Å². The molecule has 0 fully saturated rings. The van der Waals surface area contributed by atoms with Gasteiger partial charge in [0.2, 0.25) is 0 Å². The highest BCUT2D eigenvalue weighted by atomic mass is 35.5. The smallest absolute Gasteiger partial charge is 0.407 e. The third-order valence-corrected chi connectivity index (χ3v) is 7.96. The lowest BCUT2D eigenvalue weighted by Gasteiger charge is -2.45. The molecule has 0 spiro atoms. The fourth-order valence-corrected chi connectivity index (χ4v) is 5.57. The first kappa shape index (κ1) is 15.5. The first-order valence-corrected chi connectivity index (χ1v) is 8.38. The second-order valence-electron chi connectivity index (χ2n) is 6.70. The van der Waals surface area contributed by atoms with Gasteiger partial charge in [-0.2, -0.15) is 0 Å². The largest absolute Gasteiger partial charge is 0.520 e. The molecule has 0 aliphatic rings. The Hall–Kier alpha value is -0.513. The van der Waals surface area contributed by atoms with Gasteiger partial charge in [0.1, 0.15) is 5.75 Å². The van der Waals surface area contributed by atoms with E-state index in [2.05, 4.69) is 0 Å². The lowest BCUT2D eigenvalue weighted by molar-refractivity contribution is 0.284. The maximum absolute atomic E-state index is 11.1. The standard InChI is InChI=1S/C14H23ClO2Si/c1-13(2,3)18(16,14(4,5)6)17-12-9-7-11(15)8-10-12/h7-10,16H,1-6H3. The van der Waals surface area contributed by atoms with Crippen LogP contribution < -0.4 is 4.43 Å². The van der Waals surface area contributed by atoms with Gasteiger partial charge in [-0.1, -0.05) is 53.1 Å². The summed E-state index contributed by atoms with van der Waals surface area (Å²) < 4.78 is 6.02. The maximum atomic E-state index is 11.1. The fraction of sp³-hybridized carbons (Fsp3) is 0.571. The summed E-state index contributed by atoms with van der Waals surface area (Å²) in [6.45, 7) is 12.2. The summed E-state index contributed by atoms with van der Waals surface area (Å²) in [5.74, 6) is 0.679. The molecule has 1 aromatic carbocycles. The molecule has 0 radical (unpaired) electrons. The molecule has 0 bridgehead atoms. The molecule has 1 rings (SSSR count). The number of hydrogen-bond donors (Lipinski definition) is 1. The summed E-state index contributed by atoms with van der Waals surface area (Å²) in [6, 6.07) is 7.16. The highest BCUT2D eigenvalue weighted by Gasteiger charge is 2.57. The van der Waals surface area contributed by atoms with Gasteiger partial charge in [-0.3, -0.25) is 0 Å². The molecular weight excluding hydrogens is 264 g/mol. The van der Waals surface area contributed by atoms with Crippen LogP contribution in [0.4, 0.5) is 0 Å². The molecule has 0 aromatic heterocycles. The van der Waals surface area contributed by atoms with Crippen molar-refractivity contribution in [1.82, 2.24) is 0 Å². The van der Waals surface area contributed by atoms with Crippen molar-refractivity contribution in [3.05, 3.63) is 29.3 Å². The van der Waals surface area contributed by atoms with Crippen molar-refractivity contribution in [2.45, 2.75) is 51.6 Å². The van der Waals surface area contributed by atoms with Crippen molar-refractivity contribution < 1.29 is 9.22 Å². The second kappa shape index (κ2) is 4.87. The van der Waals surface area contributed by atoms with Crippen LogP contribution in [0.1, 0.15) is 41.5 Å². The van der Waals surface area contributed by atoms with E-state index < -0.39 is 8.56 Å². The van der Waals surface area contributed by atoms with Crippen molar-refractivity contribution in [3.8, 4) is 5.75 Å². The van der Waals surface area contributed by atoms with E-state index in [1.54, 1.807) is 24.3 Å². The van der Waals surface area contributed by atoms with Gasteiger partial charge in [0, 0.05) is 15.1 Å². The van der Waals surface area contributed by atoms with E-state index in [0.29, 0.717) is 10.8 Å². The Morgan fingerprint density at radius 1 is 0.944 bits per heavy atom. The Kier molecular flexibility index (Phi) is 4.21. The predicted octanol–water partition coefficient (Wildman–Crippen LogP) is 4.75. The molecule has 102 valence electrons. The van der Waals surface area contributed by atoms with Gasteiger partial charge in [-0.25, -0.2) is 0 Å². The minimum absolute atomic E-state index is 0.273. The lowest BCUT2D eigenvalue weighted by atomic mass is 10.2. The zero-order chi connectivity index (χ0) is 14.2. The lowest BCUT2D eigenvalue weighted by Crippen LogP contribution is -2.57. The Morgan fingerprint density at radius 2 is 1.33 bits per heavy atom. The van der Waals surface area contributed by atoms with Crippen LogP contribution in [-0.2, 0) is 0 Å². The Bertz CT molecular complexity index is 387. The molecular formula is C14H23ClO2Si. The molecule has 0 atom stereocenters. The average molecular weight is 287 g/mol. The highest BCUT2D eigenvalue weighted by Crippen LogP contribution is 2.49. The summed E-state index contributed by atoms with van der Waals surface area (Å²) in [7, 11) is -2.95. The highest BCUT2D eigenvalue weighted by molar-refractivity contribution is 6.72. The Labute approximate surface area is 116 Å². The van der Waals surface area contributed by atoms with Crippen molar-refractivity contribution >= 4 is 20.2 Å². The summed E-state index contributed by atoms with van der Waals surface area (Å²) in [5, 5.41) is 0.120. The van der Waals surface area contributed by atoms with E-state index in [1.807, 2.05) is 41.5 Å². The summed E-state index contributed by atoms with van der Waals surface area (Å²) >= 11 is 5.86. The summed E-state index contributed by atoms with van der Waals surface area (Å²) in [4.78, 5) is 11.1. The van der Waals surface area contributed by atoms with Gasteiger partial charge < -0.3 is 9.22 Å². The molecule has 0 saturated carbocycles. The van der Waals surface area contributed by atoms with Crippen molar-refractivity contribution in [2.75, 3.05) is 0 Å². The number of benzene rings is 1. The Morgan fingerprint density at radius 3 is 1.67 bits per heavy atom. The zero-order valence-electron chi connectivity index (χ0n) is 12.0. The van der Waals surface area contributed by atoms with E-state index in [-0.39, 0.29) is 10.1 Å². The van der Waals surface area contributed by atoms with Gasteiger partial charge in [0.05, 0.1) is 0 Å². The molecule has 1 N–H and O–H groups in total. The van der Waals surface area contributed by atoms with E-state index in [1.165, 1.54) is 0 Å². The molecule has 0 unspecified atom stereocenters. The minimum Gasteiger partial charge on any atom is -0.520 e. The van der Waals surface area contributed by atoms with Crippen LogP contribution in [0.15, 0.2) is 24.3 Å². The van der Waals surface area contributed by atoms with Crippen molar-refractivity contribution in [2.24, 2.45) is 0 Å². The van der Waals surface area contributed by atoms with Crippen molar-refractivity contribution in [3.63, 3.8) is 0 Å². The van der Waals surface area contributed by atoms with Gasteiger partial charge >= 0.3 is 8.56 Å². The van der Waals surface area contributed by atoms with E-state index in [4.69, 9.17) is 16.0 Å². The molecule has 1 aromatic rings. The topological polar surface area (TPSA) is 29.5 Å². The average Bonchev–Trinajstić information content (AvgIpc) is 2.18. The first-order chi connectivity index (χ1) is 7.97. The van der Waals surface area contributed by atoms with Crippen LogP contribution in [0.5, 0.6) is 5.75 Å². The number of halogens is 1. The third kappa shape index (κ3) is 3.08. The van der Waals surface area contributed by atoms with E-state index in [9.17, 15) is 4.80 Å². The summed E-state index contributed by atoms with van der Waals surface area (Å²) in [6.07, 6.45) is 0. The second-order valence-corrected chi connectivity index (χ2v) is 11.6. The molecule has 4 heteroatoms. The molecule has 18 heavy (non-hydrogen) atoms. The quantitative estimate of drug-likeness (QED) is 0.795.